The van der Waals surface area contributed by atoms with Crippen LogP contribution in [0.4, 0.5) is 11.5 Å². The summed E-state index contributed by atoms with van der Waals surface area (Å²) in [5.74, 6) is 1.23. The van der Waals surface area contributed by atoms with Gasteiger partial charge in [-0.15, -0.1) is 0 Å². The molecule has 2 aliphatic heterocycles. The molecule has 1 aromatic heterocycles. The molecule has 8 heteroatoms. The summed E-state index contributed by atoms with van der Waals surface area (Å²) in [4.78, 5) is 26.2. The molecule has 1 saturated heterocycles. The van der Waals surface area contributed by atoms with Crippen LogP contribution in [-0.4, -0.2) is 54.4 Å². The Morgan fingerprint density at radius 3 is 2.84 bits per heavy atom. The summed E-state index contributed by atoms with van der Waals surface area (Å²) in [6, 6.07) is 6.65. The number of rotatable bonds is 8. The number of carbonyl (C=O) groups excluding carboxylic acids is 1. The Balaban J connectivity index is 1.36. The topological polar surface area (TPSA) is 67.8 Å². The average Bonchev–Trinajstić information content (AvgIpc) is 2.81. The van der Waals surface area contributed by atoms with Gasteiger partial charge in [0.25, 0.3) is 0 Å². The SMILES string of the molecule is CCOC(=O)/C=C/CC1CCN(Cc2ccc3c(c2)N(COC)c2nccnc2S3)CC1. The first-order valence-electron chi connectivity index (χ1n) is 11.1. The number of aromatic nitrogens is 2. The van der Waals surface area contributed by atoms with E-state index in [1.54, 1.807) is 37.3 Å². The Morgan fingerprint density at radius 1 is 1.25 bits per heavy atom. The van der Waals surface area contributed by atoms with E-state index < -0.39 is 0 Å². The highest BCUT2D eigenvalue weighted by Gasteiger charge is 2.26. The highest BCUT2D eigenvalue weighted by Crippen LogP contribution is 2.46. The highest BCUT2D eigenvalue weighted by atomic mass is 32.2. The number of nitrogens with zero attached hydrogens (tertiary/aromatic N) is 4. The van der Waals surface area contributed by atoms with Gasteiger partial charge in [0.2, 0.25) is 0 Å². The summed E-state index contributed by atoms with van der Waals surface area (Å²) < 4.78 is 10.4. The summed E-state index contributed by atoms with van der Waals surface area (Å²) in [5, 5.41) is 0.906. The van der Waals surface area contributed by atoms with Crippen LogP contribution in [0, 0.1) is 5.92 Å². The fraction of sp³-hybridized carbons (Fsp3) is 0.458. The molecule has 4 rings (SSSR count). The maximum Gasteiger partial charge on any atom is 0.330 e. The van der Waals surface area contributed by atoms with Crippen molar-refractivity contribution in [3.63, 3.8) is 0 Å². The number of fused-ring (bicyclic) bond motifs is 2. The molecule has 1 fully saturated rings. The van der Waals surface area contributed by atoms with Crippen molar-refractivity contribution >= 4 is 29.2 Å². The molecule has 3 heterocycles. The Hall–Kier alpha value is -2.42. The number of esters is 1. The molecule has 1 aromatic carbocycles. The zero-order valence-corrected chi connectivity index (χ0v) is 19.5. The van der Waals surface area contributed by atoms with Crippen molar-refractivity contribution in [3.05, 3.63) is 48.3 Å². The molecule has 0 N–H and O–H groups in total. The number of piperidine rings is 1. The lowest BCUT2D eigenvalue weighted by Gasteiger charge is -2.33. The maximum absolute atomic E-state index is 11.4. The molecule has 0 aliphatic carbocycles. The van der Waals surface area contributed by atoms with Crippen LogP contribution in [-0.2, 0) is 20.8 Å². The molecule has 0 atom stereocenters. The number of methoxy groups -OCH3 is 1. The molecule has 0 bridgehead atoms. The van der Waals surface area contributed by atoms with E-state index in [0.717, 1.165) is 55.4 Å². The molecule has 7 nitrogen and oxygen atoms in total. The highest BCUT2D eigenvalue weighted by molar-refractivity contribution is 7.99. The van der Waals surface area contributed by atoms with Crippen LogP contribution < -0.4 is 4.90 Å². The van der Waals surface area contributed by atoms with Crippen molar-refractivity contribution in [3.8, 4) is 0 Å². The van der Waals surface area contributed by atoms with Crippen LogP contribution in [0.3, 0.4) is 0 Å². The van der Waals surface area contributed by atoms with Crippen LogP contribution in [0.25, 0.3) is 0 Å². The number of allylic oxidation sites excluding steroid dienone is 1. The lowest BCUT2D eigenvalue weighted by atomic mass is 9.93. The first-order chi connectivity index (χ1) is 15.7. The third-order valence-electron chi connectivity index (χ3n) is 5.80. The van der Waals surface area contributed by atoms with Gasteiger partial charge in [-0.05, 0) is 62.9 Å². The third kappa shape index (κ3) is 5.49. The molecule has 2 aliphatic rings. The smallest absolute Gasteiger partial charge is 0.330 e. The number of likely N-dealkylation sites (tertiary alicyclic amines) is 1. The van der Waals surface area contributed by atoms with Crippen LogP contribution in [0.15, 0.2) is 52.7 Å². The second-order valence-corrected chi connectivity index (χ2v) is 9.08. The van der Waals surface area contributed by atoms with E-state index in [-0.39, 0.29) is 5.97 Å². The molecule has 170 valence electrons. The molecule has 0 amide bonds. The number of hydrogen-bond acceptors (Lipinski definition) is 8. The van der Waals surface area contributed by atoms with Crippen molar-refractivity contribution in [1.29, 1.82) is 0 Å². The summed E-state index contributed by atoms with van der Waals surface area (Å²) in [7, 11) is 1.70. The molecule has 0 saturated carbocycles. The van der Waals surface area contributed by atoms with Gasteiger partial charge in [0.1, 0.15) is 11.8 Å². The second-order valence-electron chi connectivity index (χ2n) is 8.04. The minimum Gasteiger partial charge on any atom is -0.463 e. The van der Waals surface area contributed by atoms with Crippen LogP contribution >= 0.6 is 11.8 Å². The number of anilines is 2. The van der Waals surface area contributed by atoms with Gasteiger partial charge >= 0.3 is 5.97 Å². The lowest BCUT2D eigenvalue weighted by Crippen LogP contribution is -2.33. The minimum atomic E-state index is -0.244. The van der Waals surface area contributed by atoms with Crippen molar-refractivity contribution in [1.82, 2.24) is 14.9 Å². The first kappa shape index (κ1) is 22.8. The molecule has 0 radical (unpaired) electrons. The van der Waals surface area contributed by atoms with E-state index in [1.807, 2.05) is 13.0 Å². The summed E-state index contributed by atoms with van der Waals surface area (Å²) in [6.07, 6.45) is 10.2. The standard InChI is InChI=1S/C24H30N4O3S/c1-3-31-22(29)6-4-5-18-9-13-27(14-10-18)16-19-7-8-21-20(15-19)28(17-30-2)23-24(32-21)26-12-11-25-23/h4,6-8,11-12,15,18H,3,5,9-10,13-14,16-17H2,1-2H3/b6-4+. The zero-order chi connectivity index (χ0) is 22.3. The van der Waals surface area contributed by atoms with Crippen molar-refractivity contribution < 1.29 is 14.3 Å². The van der Waals surface area contributed by atoms with Gasteiger partial charge in [0, 0.05) is 37.0 Å². The number of carbonyl (C=O) groups is 1. The van der Waals surface area contributed by atoms with Crippen LogP contribution in [0.1, 0.15) is 31.7 Å². The van der Waals surface area contributed by atoms with Gasteiger partial charge < -0.3 is 9.47 Å². The van der Waals surface area contributed by atoms with Gasteiger partial charge in [-0.3, -0.25) is 9.80 Å². The monoisotopic (exact) mass is 454 g/mol. The molecule has 0 unspecified atom stereocenters. The van der Waals surface area contributed by atoms with E-state index in [9.17, 15) is 4.79 Å². The Labute approximate surface area is 193 Å². The van der Waals surface area contributed by atoms with Crippen LogP contribution in [0.2, 0.25) is 0 Å². The molecular formula is C24H30N4O3S. The number of hydrogen-bond donors (Lipinski definition) is 0. The van der Waals surface area contributed by atoms with Gasteiger partial charge in [-0.1, -0.05) is 23.9 Å². The zero-order valence-electron chi connectivity index (χ0n) is 18.7. The predicted octanol–water partition coefficient (Wildman–Crippen LogP) is 4.40. The van der Waals surface area contributed by atoms with Gasteiger partial charge in [-0.2, -0.15) is 0 Å². The summed E-state index contributed by atoms with van der Waals surface area (Å²) in [6.45, 7) is 5.75. The predicted molar refractivity (Wildman–Crippen MR) is 125 cm³/mol. The largest absolute Gasteiger partial charge is 0.463 e. The van der Waals surface area contributed by atoms with Gasteiger partial charge in [0.05, 0.1) is 12.3 Å². The molecule has 2 aromatic rings. The van der Waals surface area contributed by atoms with Crippen molar-refractivity contribution in [2.24, 2.45) is 5.92 Å². The van der Waals surface area contributed by atoms with E-state index in [4.69, 9.17) is 9.47 Å². The quantitative estimate of drug-likeness (QED) is 0.429. The van der Waals surface area contributed by atoms with Crippen molar-refractivity contribution in [2.45, 2.75) is 42.7 Å². The maximum atomic E-state index is 11.4. The number of ether oxygens (including phenoxy) is 2. The van der Waals surface area contributed by atoms with E-state index in [0.29, 0.717) is 19.3 Å². The summed E-state index contributed by atoms with van der Waals surface area (Å²) >= 11 is 1.66. The van der Waals surface area contributed by atoms with Gasteiger partial charge in [0.15, 0.2) is 5.82 Å². The van der Waals surface area contributed by atoms with Crippen LogP contribution in [0.5, 0.6) is 0 Å². The Morgan fingerprint density at radius 2 is 2.06 bits per heavy atom. The minimum absolute atomic E-state index is 0.244. The fourth-order valence-corrected chi connectivity index (χ4v) is 5.18. The Bertz CT molecular complexity index is 960. The molecular weight excluding hydrogens is 424 g/mol. The van der Waals surface area contributed by atoms with E-state index in [2.05, 4.69) is 38.0 Å². The van der Waals surface area contributed by atoms with E-state index >= 15 is 0 Å². The third-order valence-corrected chi connectivity index (χ3v) is 6.85. The lowest BCUT2D eigenvalue weighted by molar-refractivity contribution is -0.137. The van der Waals surface area contributed by atoms with E-state index in [1.165, 1.54) is 10.5 Å². The molecule has 0 spiro atoms. The second kappa shape index (κ2) is 10.9. The Kier molecular flexibility index (Phi) is 7.78. The number of benzene rings is 1. The summed E-state index contributed by atoms with van der Waals surface area (Å²) in [5.41, 5.74) is 2.42. The molecule has 32 heavy (non-hydrogen) atoms. The normalized spacial score (nSPS) is 16.8. The average molecular weight is 455 g/mol. The first-order valence-corrected chi connectivity index (χ1v) is 11.9. The van der Waals surface area contributed by atoms with Crippen molar-refractivity contribution in [2.75, 3.05) is 38.4 Å². The fourth-order valence-electron chi connectivity index (χ4n) is 4.20. The van der Waals surface area contributed by atoms with Gasteiger partial charge in [-0.25, -0.2) is 14.8 Å².